The van der Waals surface area contributed by atoms with E-state index in [1.54, 1.807) is 0 Å². The molecule has 17 heavy (non-hydrogen) atoms. The van der Waals surface area contributed by atoms with Gasteiger partial charge in [-0.25, -0.2) is 8.78 Å². The first kappa shape index (κ1) is 14.7. The van der Waals surface area contributed by atoms with Crippen molar-refractivity contribution < 1.29 is 8.78 Å². The largest absolute Gasteiger partial charge is 0.305 e. The first-order valence-electron chi connectivity index (χ1n) is 5.38. The van der Waals surface area contributed by atoms with Gasteiger partial charge in [0.25, 0.3) is 0 Å². The summed E-state index contributed by atoms with van der Waals surface area (Å²) in [6, 6.07) is 3.38. The Morgan fingerprint density at radius 3 is 2.41 bits per heavy atom. The van der Waals surface area contributed by atoms with E-state index in [2.05, 4.69) is 5.32 Å². The Morgan fingerprint density at radius 1 is 1.24 bits per heavy atom. The van der Waals surface area contributed by atoms with Crippen LogP contribution in [0.3, 0.4) is 0 Å². The molecule has 0 aliphatic heterocycles. The Labute approximate surface area is 110 Å². The van der Waals surface area contributed by atoms with E-state index >= 15 is 0 Å². The molecule has 1 N–H and O–H groups in total. The number of benzene rings is 1. The third-order valence-corrected chi connectivity index (χ3v) is 3.87. The van der Waals surface area contributed by atoms with Gasteiger partial charge in [-0.05, 0) is 24.6 Å². The smallest absolute Gasteiger partial charge is 0.127 e. The molecule has 1 nitrogen and oxygen atoms in total. The fraction of sp³-hybridized carbons (Fsp3) is 0.500. The minimum atomic E-state index is -0.456. The van der Waals surface area contributed by atoms with E-state index in [0.29, 0.717) is 11.8 Å². The lowest BCUT2D eigenvalue weighted by molar-refractivity contribution is 0.380. The van der Waals surface area contributed by atoms with Gasteiger partial charge in [0.15, 0.2) is 0 Å². The Kier molecular flexibility index (Phi) is 5.63. The maximum absolute atomic E-state index is 13.4. The predicted molar refractivity (Wildman–Crippen MR) is 67.7 cm³/mol. The van der Waals surface area contributed by atoms with Crippen molar-refractivity contribution in [2.24, 2.45) is 0 Å². The van der Waals surface area contributed by atoms with Crippen LogP contribution >= 0.6 is 23.2 Å². The second-order valence-corrected chi connectivity index (χ2v) is 4.52. The van der Waals surface area contributed by atoms with Crippen molar-refractivity contribution in [2.75, 3.05) is 11.8 Å². The van der Waals surface area contributed by atoms with Crippen molar-refractivity contribution in [1.82, 2.24) is 5.32 Å². The van der Waals surface area contributed by atoms with E-state index in [4.69, 9.17) is 23.2 Å². The van der Waals surface area contributed by atoms with Gasteiger partial charge < -0.3 is 5.32 Å². The minimum Gasteiger partial charge on any atom is -0.305 e. The van der Waals surface area contributed by atoms with Crippen molar-refractivity contribution in [3.8, 4) is 0 Å². The number of hydrogen-bond donors (Lipinski definition) is 1. The van der Waals surface area contributed by atoms with Gasteiger partial charge in [-0.3, -0.25) is 0 Å². The fourth-order valence-corrected chi connectivity index (χ4v) is 2.26. The Balaban J connectivity index is 2.75. The molecule has 0 aliphatic carbocycles. The molecule has 0 bridgehead atoms. The molecule has 0 heterocycles. The Bertz CT molecular complexity index is 359. The normalized spacial score (nSPS) is 11.8. The number of alkyl halides is 2. The molecular formula is C12H15Cl2F2N. The maximum atomic E-state index is 13.4. The van der Waals surface area contributed by atoms with Crippen molar-refractivity contribution in [1.29, 1.82) is 0 Å². The lowest BCUT2D eigenvalue weighted by atomic mass is 10.0. The van der Waals surface area contributed by atoms with Crippen molar-refractivity contribution in [3.05, 3.63) is 35.4 Å². The summed E-state index contributed by atoms with van der Waals surface area (Å²) in [5.41, 5.74) is -0.167. The zero-order valence-corrected chi connectivity index (χ0v) is 11.1. The quantitative estimate of drug-likeness (QED) is 0.785. The molecule has 0 radical (unpaired) electrons. The zero-order valence-electron chi connectivity index (χ0n) is 9.57. The molecule has 0 spiro atoms. The topological polar surface area (TPSA) is 12.0 Å². The van der Waals surface area contributed by atoms with E-state index in [-0.39, 0.29) is 12.1 Å². The fourth-order valence-electron chi connectivity index (χ4n) is 1.41. The number of nitrogens with one attached hydrogen (secondary N) is 1. The molecule has 0 fully saturated rings. The standard InChI is InChI=1S/C12H15Cl2F2N/c1-2-12(7-13,8-14)17-6-9-5-10(15)3-4-11(9)16/h3-5,17H,2,6-8H2,1H3. The summed E-state index contributed by atoms with van der Waals surface area (Å²) in [5, 5.41) is 3.10. The van der Waals surface area contributed by atoms with E-state index in [1.807, 2.05) is 6.92 Å². The lowest BCUT2D eigenvalue weighted by Gasteiger charge is -2.29. The van der Waals surface area contributed by atoms with Crippen LogP contribution in [0.2, 0.25) is 0 Å². The third kappa shape index (κ3) is 3.80. The van der Waals surface area contributed by atoms with E-state index < -0.39 is 17.2 Å². The van der Waals surface area contributed by atoms with Gasteiger partial charge in [0.1, 0.15) is 11.6 Å². The van der Waals surface area contributed by atoms with Crippen LogP contribution < -0.4 is 5.32 Å². The molecule has 96 valence electrons. The lowest BCUT2D eigenvalue weighted by Crippen LogP contribution is -2.48. The molecular weight excluding hydrogens is 267 g/mol. The second kappa shape index (κ2) is 6.53. The highest BCUT2D eigenvalue weighted by molar-refractivity contribution is 6.22. The molecule has 1 aromatic rings. The molecule has 0 unspecified atom stereocenters. The van der Waals surface area contributed by atoms with Gasteiger partial charge in [0.2, 0.25) is 0 Å². The number of rotatable bonds is 6. The summed E-state index contributed by atoms with van der Waals surface area (Å²) in [6.07, 6.45) is 0.719. The highest BCUT2D eigenvalue weighted by Crippen LogP contribution is 2.17. The molecule has 0 amide bonds. The molecule has 1 aromatic carbocycles. The molecule has 1 rings (SSSR count). The summed E-state index contributed by atoms with van der Waals surface area (Å²) in [4.78, 5) is 0. The van der Waals surface area contributed by atoms with Crippen LogP contribution in [-0.2, 0) is 6.54 Å². The van der Waals surface area contributed by atoms with Crippen LogP contribution in [0.5, 0.6) is 0 Å². The average Bonchev–Trinajstić information content (AvgIpc) is 2.35. The van der Waals surface area contributed by atoms with Crippen molar-refractivity contribution in [2.45, 2.75) is 25.4 Å². The second-order valence-electron chi connectivity index (χ2n) is 3.99. The predicted octanol–water partition coefficient (Wildman–Crippen LogP) is 3.68. The van der Waals surface area contributed by atoms with E-state index in [9.17, 15) is 8.78 Å². The molecule has 0 aromatic heterocycles. The number of hydrogen-bond acceptors (Lipinski definition) is 1. The van der Waals surface area contributed by atoms with Crippen LogP contribution in [0.15, 0.2) is 18.2 Å². The summed E-state index contributed by atoms with van der Waals surface area (Å²) in [5.74, 6) is -0.247. The van der Waals surface area contributed by atoms with Gasteiger partial charge in [-0.2, -0.15) is 0 Å². The third-order valence-electron chi connectivity index (χ3n) is 2.85. The van der Waals surface area contributed by atoms with E-state index in [1.165, 1.54) is 6.07 Å². The summed E-state index contributed by atoms with van der Waals surface area (Å²) in [6.45, 7) is 2.15. The van der Waals surface area contributed by atoms with E-state index in [0.717, 1.165) is 18.6 Å². The summed E-state index contributed by atoms with van der Waals surface area (Å²) in [7, 11) is 0. The van der Waals surface area contributed by atoms with Crippen LogP contribution in [0.1, 0.15) is 18.9 Å². The highest BCUT2D eigenvalue weighted by atomic mass is 35.5. The molecule has 5 heteroatoms. The van der Waals surface area contributed by atoms with Gasteiger partial charge >= 0.3 is 0 Å². The van der Waals surface area contributed by atoms with Crippen LogP contribution in [0.4, 0.5) is 8.78 Å². The number of halogens is 4. The Morgan fingerprint density at radius 2 is 1.88 bits per heavy atom. The molecule has 0 saturated carbocycles. The maximum Gasteiger partial charge on any atom is 0.127 e. The first-order chi connectivity index (χ1) is 8.06. The zero-order chi connectivity index (χ0) is 12.9. The van der Waals surface area contributed by atoms with Crippen LogP contribution in [-0.4, -0.2) is 17.3 Å². The molecule has 0 atom stereocenters. The SMILES string of the molecule is CCC(CCl)(CCl)NCc1cc(F)ccc1F. The van der Waals surface area contributed by atoms with Crippen molar-refractivity contribution in [3.63, 3.8) is 0 Å². The summed E-state index contributed by atoms with van der Waals surface area (Å²) >= 11 is 11.7. The average molecular weight is 282 g/mol. The molecule has 0 aliphatic rings. The Hall–Kier alpha value is -0.380. The van der Waals surface area contributed by atoms with Crippen LogP contribution in [0, 0.1) is 11.6 Å². The first-order valence-corrected chi connectivity index (χ1v) is 6.44. The van der Waals surface area contributed by atoms with Gasteiger partial charge in [0.05, 0.1) is 0 Å². The highest BCUT2D eigenvalue weighted by Gasteiger charge is 2.25. The van der Waals surface area contributed by atoms with Crippen molar-refractivity contribution >= 4 is 23.2 Å². The monoisotopic (exact) mass is 281 g/mol. The van der Waals surface area contributed by atoms with Gasteiger partial charge in [-0.15, -0.1) is 23.2 Å². The molecule has 0 saturated heterocycles. The minimum absolute atomic E-state index is 0.205. The summed E-state index contributed by atoms with van der Waals surface area (Å²) < 4.78 is 26.4. The van der Waals surface area contributed by atoms with Crippen LogP contribution in [0.25, 0.3) is 0 Å². The van der Waals surface area contributed by atoms with Gasteiger partial charge in [-0.1, -0.05) is 6.92 Å². The van der Waals surface area contributed by atoms with Gasteiger partial charge in [0, 0.05) is 29.4 Å².